The molecule has 7 heteroatoms. The minimum Gasteiger partial charge on any atom is -0.467 e. The van der Waals surface area contributed by atoms with Crippen LogP contribution in [0.1, 0.15) is 23.0 Å². The lowest BCUT2D eigenvalue weighted by Gasteiger charge is -2.15. The zero-order chi connectivity index (χ0) is 21.5. The summed E-state index contributed by atoms with van der Waals surface area (Å²) in [5.41, 5.74) is 2.13. The number of esters is 2. The summed E-state index contributed by atoms with van der Waals surface area (Å²) in [6, 6.07) is 17.4. The molecule has 0 unspecified atom stereocenters. The number of amides is 1. The number of rotatable bonds is 7. The van der Waals surface area contributed by atoms with Crippen LogP contribution in [-0.4, -0.2) is 36.4 Å². The molecule has 0 aliphatic rings. The number of carbonyl (C=O) groups is 3. The van der Waals surface area contributed by atoms with Gasteiger partial charge in [-0.1, -0.05) is 24.3 Å². The van der Waals surface area contributed by atoms with Gasteiger partial charge in [-0.2, -0.15) is 0 Å². The molecule has 7 nitrogen and oxygen atoms in total. The smallest absolute Gasteiger partial charge is 0.338 e. The van der Waals surface area contributed by atoms with Gasteiger partial charge in [0.15, 0.2) is 6.61 Å². The Labute approximate surface area is 173 Å². The Morgan fingerprint density at radius 3 is 2.13 bits per heavy atom. The highest BCUT2D eigenvalue weighted by Crippen LogP contribution is 2.23. The fourth-order valence-electron chi connectivity index (χ4n) is 2.73. The molecule has 1 heterocycles. The lowest BCUT2D eigenvalue weighted by atomic mass is 10.0. The maximum atomic E-state index is 12.2. The summed E-state index contributed by atoms with van der Waals surface area (Å²) < 4.78 is 15.3. The van der Waals surface area contributed by atoms with Crippen LogP contribution in [0.4, 0.5) is 0 Å². The molecule has 0 aliphatic heterocycles. The van der Waals surface area contributed by atoms with Crippen molar-refractivity contribution in [3.63, 3.8) is 0 Å². The number of carbonyl (C=O) groups excluding carboxylic acids is 3. The first kappa shape index (κ1) is 20.9. The average molecular weight is 407 g/mol. The van der Waals surface area contributed by atoms with Crippen LogP contribution in [0.5, 0.6) is 5.75 Å². The lowest BCUT2D eigenvalue weighted by molar-refractivity contribution is -0.134. The summed E-state index contributed by atoms with van der Waals surface area (Å²) in [7, 11) is 1.61. The van der Waals surface area contributed by atoms with E-state index in [9.17, 15) is 14.4 Å². The molecule has 0 atom stereocenters. The van der Waals surface area contributed by atoms with Crippen molar-refractivity contribution in [1.82, 2.24) is 4.90 Å². The third kappa shape index (κ3) is 5.57. The molecule has 1 amide bonds. The number of benzene rings is 2. The van der Waals surface area contributed by atoms with Gasteiger partial charge >= 0.3 is 11.9 Å². The Morgan fingerprint density at radius 2 is 1.57 bits per heavy atom. The predicted molar refractivity (Wildman–Crippen MR) is 109 cm³/mol. The average Bonchev–Trinajstić information content (AvgIpc) is 3.25. The van der Waals surface area contributed by atoms with Gasteiger partial charge in [-0.25, -0.2) is 4.79 Å². The van der Waals surface area contributed by atoms with Crippen molar-refractivity contribution >= 4 is 17.8 Å². The first-order valence-electron chi connectivity index (χ1n) is 9.25. The van der Waals surface area contributed by atoms with E-state index in [1.807, 2.05) is 12.1 Å². The second-order valence-corrected chi connectivity index (χ2v) is 6.60. The monoisotopic (exact) mass is 407 g/mol. The molecule has 0 radical (unpaired) electrons. The van der Waals surface area contributed by atoms with E-state index in [4.69, 9.17) is 13.9 Å². The quantitative estimate of drug-likeness (QED) is 0.439. The first-order chi connectivity index (χ1) is 14.4. The minimum absolute atomic E-state index is 0.300. The summed E-state index contributed by atoms with van der Waals surface area (Å²) in [4.78, 5) is 36.7. The molecular weight excluding hydrogens is 386 g/mol. The van der Waals surface area contributed by atoms with Crippen LogP contribution < -0.4 is 4.74 Å². The Bertz CT molecular complexity index is 1010. The second kappa shape index (κ2) is 9.56. The molecule has 2 aromatic carbocycles. The van der Waals surface area contributed by atoms with Gasteiger partial charge in [0.25, 0.3) is 5.91 Å². The normalized spacial score (nSPS) is 10.3. The highest BCUT2D eigenvalue weighted by atomic mass is 16.5. The minimum atomic E-state index is -0.577. The van der Waals surface area contributed by atoms with Gasteiger partial charge in [0.1, 0.15) is 11.5 Å². The molecule has 0 bridgehead atoms. The van der Waals surface area contributed by atoms with E-state index in [2.05, 4.69) is 0 Å². The maximum absolute atomic E-state index is 12.2. The van der Waals surface area contributed by atoms with Crippen molar-refractivity contribution < 1.29 is 28.3 Å². The molecule has 0 saturated heterocycles. The largest absolute Gasteiger partial charge is 0.467 e. The van der Waals surface area contributed by atoms with Gasteiger partial charge in [-0.3, -0.25) is 9.59 Å². The molecule has 0 spiro atoms. The number of hydrogen-bond donors (Lipinski definition) is 0. The number of hydrogen-bond acceptors (Lipinski definition) is 6. The number of nitrogens with zero attached hydrogens (tertiary/aromatic N) is 1. The van der Waals surface area contributed by atoms with E-state index in [0.717, 1.165) is 11.1 Å². The third-order valence-corrected chi connectivity index (χ3v) is 4.30. The maximum Gasteiger partial charge on any atom is 0.338 e. The zero-order valence-corrected chi connectivity index (χ0v) is 16.7. The van der Waals surface area contributed by atoms with Gasteiger partial charge in [0.05, 0.1) is 18.4 Å². The number of furan rings is 1. The van der Waals surface area contributed by atoms with E-state index in [1.165, 1.54) is 18.1 Å². The van der Waals surface area contributed by atoms with Crippen molar-refractivity contribution in [3.05, 3.63) is 78.3 Å². The van der Waals surface area contributed by atoms with Gasteiger partial charge in [-0.05, 0) is 47.5 Å². The molecule has 154 valence electrons. The summed E-state index contributed by atoms with van der Waals surface area (Å²) in [5, 5.41) is 0. The molecule has 0 saturated carbocycles. The van der Waals surface area contributed by atoms with Crippen LogP contribution in [0.15, 0.2) is 71.3 Å². The van der Waals surface area contributed by atoms with E-state index in [-0.39, 0.29) is 18.5 Å². The summed E-state index contributed by atoms with van der Waals surface area (Å²) in [6.45, 7) is 1.29. The van der Waals surface area contributed by atoms with Crippen molar-refractivity contribution in [3.8, 4) is 16.9 Å². The standard InChI is InChI=1S/C23H21NO6/c1-16(25)30-20-11-9-18(10-12-20)17-5-7-19(8-6-17)23(27)29-15-22(26)24(2)14-21-4-3-13-28-21/h3-13H,14-15H2,1-2H3. The molecule has 30 heavy (non-hydrogen) atoms. The van der Waals surface area contributed by atoms with Crippen molar-refractivity contribution in [2.75, 3.05) is 13.7 Å². The second-order valence-electron chi connectivity index (χ2n) is 6.60. The van der Waals surface area contributed by atoms with Crippen molar-refractivity contribution in [2.45, 2.75) is 13.5 Å². The van der Waals surface area contributed by atoms with Gasteiger partial charge < -0.3 is 18.8 Å². The molecule has 3 rings (SSSR count). The predicted octanol–water partition coefficient (Wildman–Crippen LogP) is 3.69. The van der Waals surface area contributed by atoms with Gasteiger partial charge in [0.2, 0.25) is 0 Å². The molecule has 3 aromatic rings. The van der Waals surface area contributed by atoms with Crippen molar-refractivity contribution in [1.29, 1.82) is 0 Å². The number of ether oxygens (including phenoxy) is 2. The fourth-order valence-corrected chi connectivity index (χ4v) is 2.73. The molecule has 0 aliphatic carbocycles. The SMILES string of the molecule is CC(=O)Oc1ccc(-c2ccc(C(=O)OCC(=O)N(C)Cc3ccco3)cc2)cc1. The zero-order valence-electron chi connectivity index (χ0n) is 16.7. The molecule has 0 fully saturated rings. The van der Waals surface area contributed by atoms with Gasteiger partial charge in [0, 0.05) is 14.0 Å². The lowest BCUT2D eigenvalue weighted by Crippen LogP contribution is -2.30. The van der Waals surface area contributed by atoms with Crippen LogP contribution in [0, 0.1) is 0 Å². The van der Waals surface area contributed by atoms with Crippen LogP contribution in [0.3, 0.4) is 0 Å². The number of likely N-dealkylation sites (N-methyl/N-ethyl adjacent to an activating group) is 1. The Morgan fingerprint density at radius 1 is 0.933 bits per heavy atom. The fraction of sp³-hybridized carbons (Fsp3) is 0.174. The van der Waals surface area contributed by atoms with E-state index in [1.54, 1.807) is 55.6 Å². The topological polar surface area (TPSA) is 86.1 Å². The molecule has 0 N–H and O–H groups in total. The van der Waals surface area contributed by atoms with Crippen LogP contribution in [-0.2, 0) is 20.9 Å². The van der Waals surface area contributed by atoms with E-state index >= 15 is 0 Å². The summed E-state index contributed by atoms with van der Waals surface area (Å²) in [5.74, 6) is -0.172. The van der Waals surface area contributed by atoms with Gasteiger partial charge in [-0.15, -0.1) is 0 Å². The van der Waals surface area contributed by atoms with Crippen LogP contribution >= 0.6 is 0 Å². The van der Waals surface area contributed by atoms with E-state index in [0.29, 0.717) is 23.6 Å². The Balaban J connectivity index is 1.54. The van der Waals surface area contributed by atoms with Crippen LogP contribution in [0.2, 0.25) is 0 Å². The first-order valence-corrected chi connectivity index (χ1v) is 9.25. The Kier molecular flexibility index (Phi) is 6.64. The summed E-state index contributed by atoms with van der Waals surface area (Å²) >= 11 is 0. The van der Waals surface area contributed by atoms with Crippen LogP contribution in [0.25, 0.3) is 11.1 Å². The highest BCUT2D eigenvalue weighted by Gasteiger charge is 2.15. The van der Waals surface area contributed by atoms with Crippen molar-refractivity contribution in [2.24, 2.45) is 0 Å². The Hall–Kier alpha value is -3.87. The summed E-state index contributed by atoms with van der Waals surface area (Å²) in [6.07, 6.45) is 1.53. The molecular formula is C23H21NO6. The van der Waals surface area contributed by atoms with E-state index < -0.39 is 5.97 Å². The molecule has 1 aromatic heterocycles. The third-order valence-electron chi connectivity index (χ3n) is 4.30. The highest BCUT2D eigenvalue weighted by molar-refractivity contribution is 5.91.